The second-order valence-corrected chi connectivity index (χ2v) is 3.23. The normalized spacial score (nSPS) is 10.7. The van der Waals surface area contributed by atoms with Crippen LogP contribution in [0, 0.1) is 6.92 Å². The van der Waals surface area contributed by atoms with Crippen LogP contribution in [0.4, 0.5) is 0 Å². The van der Waals surface area contributed by atoms with Gasteiger partial charge in [-0.2, -0.15) is 4.98 Å². The first kappa shape index (κ1) is 8.96. The van der Waals surface area contributed by atoms with E-state index in [1.165, 1.54) is 6.20 Å². The van der Waals surface area contributed by atoms with Gasteiger partial charge in [0.1, 0.15) is 5.65 Å². The van der Waals surface area contributed by atoms with Crippen molar-refractivity contribution in [3.8, 4) is 0 Å². The van der Waals surface area contributed by atoms with Gasteiger partial charge < -0.3 is 10.7 Å². The van der Waals surface area contributed by atoms with Gasteiger partial charge in [-0.05, 0) is 18.5 Å². The molecule has 1 amide bonds. The molecule has 6 heteroatoms. The number of nitrogens with zero attached hydrogens (tertiary/aromatic N) is 2. The summed E-state index contributed by atoms with van der Waals surface area (Å²) >= 11 is 5.60. The maximum atomic E-state index is 11.1. The van der Waals surface area contributed by atoms with Crippen LogP contribution in [0.2, 0.25) is 5.28 Å². The van der Waals surface area contributed by atoms with Crippen molar-refractivity contribution in [2.75, 3.05) is 0 Å². The molecule has 0 aromatic carbocycles. The highest BCUT2D eigenvalue weighted by molar-refractivity contribution is 6.28. The van der Waals surface area contributed by atoms with Crippen LogP contribution in [0.1, 0.15) is 16.1 Å². The second-order valence-electron chi connectivity index (χ2n) is 2.89. The molecule has 0 aliphatic rings. The molecule has 2 heterocycles. The zero-order valence-electron chi connectivity index (χ0n) is 7.34. The average Bonchev–Trinajstić information content (AvgIpc) is 2.39. The molecule has 0 radical (unpaired) electrons. The fourth-order valence-electron chi connectivity index (χ4n) is 1.40. The standard InChI is InChI=1S/C8H7ClN4O/c1-3-5(6(10)14)4-2-11-8(9)13-7(4)12-3/h2H,1H3,(H2,10,14)(H,11,12,13). The first-order valence-electron chi connectivity index (χ1n) is 3.90. The predicted molar refractivity (Wildman–Crippen MR) is 52.2 cm³/mol. The Labute approximate surface area is 84.3 Å². The van der Waals surface area contributed by atoms with Crippen molar-refractivity contribution >= 4 is 28.5 Å². The fraction of sp³-hybridized carbons (Fsp3) is 0.125. The quantitative estimate of drug-likeness (QED) is 0.689. The molecule has 72 valence electrons. The van der Waals surface area contributed by atoms with E-state index in [0.717, 1.165) is 0 Å². The van der Waals surface area contributed by atoms with Gasteiger partial charge in [0.15, 0.2) is 0 Å². The number of halogens is 1. The number of aromatic nitrogens is 3. The Morgan fingerprint density at radius 3 is 3.00 bits per heavy atom. The van der Waals surface area contributed by atoms with E-state index in [1.54, 1.807) is 6.92 Å². The van der Waals surface area contributed by atoms with Gasteiger partial charge in [-0.25, -0.2) is 4.98 Å². The lowest BCUT2D eigenvalue weighted by atomic mass is 10.2. The number of nitrogens with one attached hydrogen (secondary N) is 1. The molecular formula is C8H7ClN4O. The van der Waals surface area contributed by atoms with Crippen LogP contribution in [0.5, 0.6) is 0 Å². The van der Waals surface area contributed by atoms with Gasteiger partial charge >= 0.3 is 0 Å². The van der Waals surface area contributed by atoms with Crippen molar-refractivity contribution in [1.29, 1.82) is 0 Å². The maximum absolute atomic E-state index is 11.1. The lowest BCUT2D eigenvalue weighted by Gasteiger charge is -1.93. The summed E-state index contributed by atoms with van der Waals surface area (Å²) in [7, 11) is 0. The molecule has 0 spiro atoms. The van der Waals surface area contributed by atoms with Crippen molar-refractivity contribution in [2.45, 2.75) is 6.92 Å². The molecule has 0 unspecified atom stereocenters. The number of carbonyl (C=O) groups excluding carboxylic acids is 1. The molecule has 0 saturated carbocycles. The molecule has 0 aliphatic carbocycles. The van der Waals surface area contributed by atoms with Crippen molar-refractivity contribution in [3.63, 3.8) is 0 Å². The highest BCUT2D eigenvalue weighted by Crippen LogP contribution is 2.20. The number of fused-ring (bicyclic) bond motifs is 1. The topological polar surface area (TPSA) is 84.7 Å². The van der Waals surface area contributed by atoms with Gasteiger partial charge in [0, 0.05) is 11.9 Å². The minimum absolute atomic E-state index is 0.134. The molecule has 2 rings (SSSR count). The van der Waals surface area contributed by atoms with Gasteiger partial charge in [-0.3, -0.25) is 4.79 Å². The third-order valence-electron chi connectivity index (χ3n) is 1.96. The molecular weight excluding hydrogens is 204 g/mol. The summed E-state index contributed by atoms with van der Waals surface area (Å²) in [6.45, 7) is 1.75. The molecule has 3 N–H and O–H groups in total. The zero-order valence-corrected chi connectivity index (χ0v) is 8.09. The van der Waals surface area contributed by atoms with Crippen molar-refractivity contribution in [3.05, 3.63) is 22.7 Å². The largest absolute Gasteiger partial charge is 0.366 e. The van der Waals surface area contributed by atoms with Crippen molar-refractivity contribution < 1.29 is 4.79 Å². The number of primary amides is 1. The number of nitrogens with two attached hydrogens (primary N) is 1. The number of amides is 1. The number of hydrogen-bond donors (Lipinski definition) is 2. The van der Waals surface area contributed by atoms with Crippen LogP contribution in [-0.2, 0) is 0 Å². The first-order chi connectivity index (χ1) is 6.59. The predicted octanol–water partition coefficient (Wildman–Crippen LogP) is 1.02. The van der Waals surface area contributed by atoms with Crippen LogP contribution in [0.25, 0.3) is 11.0 Å². The number of aryl methyl sites for hydroxylation is 1. The Bertz CT molecular complexity index is 519. The van der Waals surface area contributed by atoms with Crippen molar-refractivity contribution in [1.82, 2.24) is 15.0 Å². The summed E-state index contributed by atoms with van der Waals surface area (Å²) in [6.07, 6.45) is 1.48. The number of hydrogen-bond acceptors (Lipinski definition) is 3. The smallest absolute Gasteiger partial charge is 0.251 e. The zero-order chi connectivity index (χ0) is 10.3. The number of aromatic amines is 1. The monoisotopic (exact) mass is 210 g/mol. The van der Waals surface area contributed by atoms with Crippen molar-refractivity contribution in [2.24, 2.45) is 5.73 Å². The molecule has 5 nitrogen and oxygen atoms in total. The summed E-state index contributed by atoms with van der Waals surface area (Å²) in [5.41, 5.74) is 6.82. The first-order valence-corrected chi connectivity index (χ1v) is 4.28. The summed E-state index contributed by atoms with van der Waals surface area (Å²) in [6, 6.07) is 0. The average molecular weight is 211 g/mol. The van der Waals surface area contributed by atoms with E-state index in [9.17, 15) is 4.79 Å². The molecule has 0 atom stereocenters. The minimum atomic E-state index is -0.500. The Kier molecular flexibility index (Phi) is 1.89. The van der Waals surface area contributed by atoms with Crippen LogP contribution in [0.3, 0.4) is 0 Å². The molecule has 2 aromatic heterocycles. The summed E-state index contributed by atoms with van der Waals surface area (Å²) in [5.74, 6) is -0.500. The van der Waals surface area contributed by atoms with Gasteiger partial charge in [0.2, 0.25) is 5.28 Å². The number of carbonyl (C=O) groups is 1. The van der Waals surface area contributed by atoms with E-state index in [1.807, 2.05) is 0 Å². The van der Waals surface area contributed by atoms with E-state index >= 15 is 0 Å². The SMILES string of the molecule is Cc1[nH]c2nc(Cl)ncc2c1C(N)=O. The van der Waals surface area contributed by atoms with Gasteiger partial charge in [-0.15, -0.1) is 0 Å². The molecule has 2 aromatic rings. The lowest BCUT2D eigenvalue weighted by molar-refractivity contribution is 0.100. The Morgan fingerprint density at radius 2 is 2.36 bits per heavy atom. The Hall–Kier alpha value is -1.62. The van der Waals surface area contributed by atoms with Crippen LogP contribution in [-0.4, -0.2) is 20.9 Å². The molecule has 0 saturated heterocycles. The van der Waals surface area contributed by atoms with Gasteiger partial charge in [-0.1, -0.05) is 0 Å². The van der Waals surface area contributed by atoms with Crippen LogP contribution >= 0.6 is 11.6 Å². The second kappa shape index (κ2) is 2.95. The highest BCUT2D eigenvalue weighted by Gasteiger charge is 2.14. The highest BCUT2D eigenvalue weighted by atomic mass is 35.5. The van der Waals surface area contributed by atoms with Crippen LogP contribution < -0.4 is 5.73 Å². The number of rotatable bonds is 1. The van der Waals surface area contributed by atoms with Crippen LogP contribution in [0.15, 0.2) is 6.20 Å². The summed E-state index contributed by atoms with van der Waals surface area (Å²) < 4.78 is 0. The molecule has 0 aliphatic heterocycles. The summed E-state index contributed by atoms with van der Waals surface area (Å²) in [4.78, 5) is 21.7. The summed E-state index contributed by atoms with van der Waals surface area (Å²) in [5, 5.41) is 0.731. The van der Waals surface area contributed by atoms with E-state index in [0.29, 0.717) is 22.3 Å². The fourth-order valence-corrected chi connectivity index (χ4v) is 1.53. The Morgan fingerprint density at radius 1 is 1.64 bits per heavy atom. The third kappa shape index (κ3) is 1.22. The van der Waals surface area contributed by atoms with Gasteiger partial charge in [0.05, 0.1) is 10.9 Å². The van der Waals surface area contributed by atoms with E-state index in [4.69, 9.17) is 17.3 Å². The maximum Gasteiger partial charge on any atom is 0.251 e. The van der Waals surface area contributed by atoms with Gasteiger partial charge in [0.25, 0.3) is 5.91 Å². The molecule has 0 fully saturated rings. The lowest BCUT2D eigenvalue weighted by Crippen LogP contribution is -2.11. The van der Waals surface area contributed by atoms with E-state index in [2.05, 4.69) is 15.0 Å². The number of H-pyrrole nitrogens is 1. The molecule has 14 heavy (non-hydrogen) atoms. The minimum Gasteiger partial charge on any atom is -0.366 e. The van der Waals surface area contributed by atoms with E-state index in [-0.39, 0.29) is 5.28 Å². The Balaban J connectivity index is 2.84. The van der Waals surface area contributed by atoms with E-state index < -0.39 is 5.91 Å². The molecule has 0 bridgehead atoms. The third-order valence-corrected chi connectivity index (χ3v) is 2.14.